The van der Waals surface area contributed by atoms with E-state index in [1.807, 2.05) is 54.6 Å². The molecule has 0 spiro atoms. The lowest BCUT2D eigenvalue weighted by Crippen LogP contribution is -2.39. The number of nitrogens with zero attached hydrogens (tertiary/aromatic N) is 1. The van der Waals surface area contributed by atoms with Gasteiger partial charge in [0.25, 0.3) is 0 Å². The van der Waals surface area contributed by atoms with Crippen LogP contribution in [0.1, 0.15) is 23.6 Å². The Hall–Kier alpha value is -1.97. The molecule has 3 rings (SSSR count). The molecule has 2 atom stereocenters. The molecule has 1 aliphatic heterocycles. The van der Waals surface area contributed by atoms with Gasteiger partial charge in [-0.1, -0.05) is 42.5 Å². The van der Waals surface area contributed by atoms with Crippen molar-refractivity contribution in [1.82, 2.24) is 9.79 Å². The molecule has 2 aromatic carbocycles. The van der Waals surface area contributed by atoms with Gasteiger partial charge in [0.15, 0.2) is 0 Å². The predicted octanol–water partition coefficient (Wildman–Crippen LogP) is 2.51. The largest absolute Gasteiger partial charge is 0.489 e. The fourth-order valence-corrected chi connectivity index (χ4v) is 4.87. The maximum absolute atomic E-state index is 12.8. The SMILES string of the molecule is COCCCNS(=O)(=O)[C@@H]1CON(C)[C@H]1c1ccc(OCc2ccccc2)cc1. The Morgan fingerprint density at radius 2 is 1.86 bits per heavy atom. The first-order valence-electron chi connectivity index (χ1n) is 9.61. The Labute approximate surface area is 172 Å². The van der Waals surface area contributed by atoms with E-state index in [0.29, 0.717) is 26.2 Å². The van der Waals surface area contributed by atoms with E-state index in [1.54, 1.807) is 19.2 Å². The summed E-state index contributed by atoms with van der Waals surface area (Å²) < 4.78 is 39.0. The third-order valence-electron chi connectivity index (χ3n) is 4.88. The van der Waals surface area contributed by atoms with Crippen molar-refractivity contribution in [3.63, 3.8) is 0 Å². The Bertz CT molecular complexity index is 858. The number of rotatable bonds is 10. The van der Waals surface area contributed by atoms with Gasteiger partial charge in [-0.05, 0) is 29.7 Å². The fraction of sp³-hybridized carbons (Fsp3) is 0.429. The summed E-state index contributed by atoms with van der Waals surface area (Å²) in [5.41, 5.74) is 1.95. The van der Waals surface area contributed by atoms with Crippen LogP contribution in [0.2, 0.25) is 0 Å². The molecule has 0 aliphatic carbocycles. The van der Waals surface area contributed by atoms with E-state index in [0.717, 1.165) is 16.9 Å². The van der Waals surface area contributed by atoms with Crippen molar-refractivity contribution in [3.8, 4) is 5.75 Å². The molecule has 1 heterocycles. The zero-order valence-electron chi connectivity index (χ0n) is 16.8. The molecule has 0 saturated carbocycles. The highest BCUT2D eigenvalue weighted by Crippen LogP contribution is 2.34. The molecule has 0 radical (unpaired) electrons. The second kappa shape index (κ2) is 10.2. The molecule has 1 N–H and O–H groups in total. The molecule has 1 aliphatic rings. The number of methoxy groups -OCH3 is 1. The molecule has 2 aromatic rings. The van der Waals surface area contributed by atoms with Crippen molar-refractivity contribution >= 4 is 10.0 Å². The number of ether oxygens (including phenoxy) is 2. The predicted molar refractivity (Wildman–Crippen MR) is 111 cm³/mol. The Kier molecular flexibility index (Phi) is 7.63. The lowest BCUT2D eigenvalue weighted by molar-refractivity contribution is -0.110. The first kappa shape index (κ1) is 21.7. The fourth-order valence-electron chi connectivity index (χ4n) is 3.32. The lowest BCUT2D eigenvalue weighted by Gasteiger charge is -2.23. The molecule has 0 aromatic heterocycles. The molecule has 1 saturated heterocycles. The molecular formula is C21H28N2O5S. The monoisotopic (exact) mass is 420 g/mol. The van der Waals surface area contributed by atoms with Crippen LogP contribution in [-0.4, -0.2) is 52.6 Å². The zero-order chi connectivity index (χ0) is 20.7. The van der Waals surface area contributed by atoms with Crippen LogP contribution in [0.3, 0.4) is 0 Å². The number of hydrogen-bond donors (Lipinski definition) is 1. The normalized spacial score (nSPS) is 20.1. The van der Waals surface area contributed by atoms with Gasteiger partial charge in [-0.15, -0.1) is 0 Å². The average Bonchev–Trinajstić information content (AvgIpc) is 3.13. The maximum atomic E-state index is 12.8. The molecule has 1 fully saturated rings. The number of hydrogen-bond acceptors (Lipinski definition) is 6. The van der Waals surface area contributed by atoms with Crippen LogP contribution in [-0.2, 0) is 26.2 Å². The van der Waals surface area contributed by atoms with Gasteiger partial charge in [0, 0.05) is 27.3 Å². The quantitative estimate of drug-likeness (QED) is 0.595. The van der Waals surface area contributed by atoms with Crippen molar-refractivity contribution in [2.45, 2.75) is 24.3 Å². The Balaban J connectivity index is 1.65. The molecule has 7 nitrogen and oxygen atoms in total. The van der Waals surface area contributed by atoms with Gasteiger partial charge in [0.05, 0.1) is 12.6 Å². The first-order valence-corrected chi connectivity index (χ1v) is 11.2. The van der Waals surface area contributed by atoms with Crippen LogP contribution in [0, 0.1) is 0 Å². The minimum Gasteiger partial charge on any atom is -0.489 e. The van der Waals surface area contributed by atoms with Crippen molar-refractivity contribution in [2.75, 3.05) is 33.9 Å². The summed E-state index contributed by atoms with van der Waals surface area (Å²) >= 11 is 0. The van der Waals surface area contributed by atoms with E-state index in [4.69, 9.17) is 14.3 Å². The third kappa shape index (κ3) is 5.77. The summed E-state index contributed by atoms with van der Waals surface area (Å²) in [6.07, 6.45) is 0.622. The van der Waals surface area contributed by atoms with Crippen LogP contribution in [0.5, 0.6) is 5.75 Å². The van der Waals surface area contributed by atoms with E-state index in [2.05, 4.69) is 4.72 Å². The summed E-state index contributed by atoms with van der Waals surface area (Å²) in [7, 11) is -0.181. The summed E-state index contributed by atoms with van der Waals surface area (Å²) in [6, 6.07) is 17.0. The van der Waals surface area contributed by atoms with Gasteiger partial charge in [0.1, 0.15) is 17.6 Å². The van der Waals surface area contributed by atoms with Gasteiger partial charge in [0.2, 0.25) is 10.0 Å². The highest BCUT2D eigenvalue weighted by molar-refractivity contribution is 7.90. The number of nitrogens with one attached hydrogen (secondary N) is 1. The molecule has 158 valence electrons. The van der Waals surface area contributed by atoms with E-state index >= 15 is 0 Å². The minimum atomic E-state index is -3.53. The Morgan fingerprint density at radius 3 is 2.55 bits per heavy atom. The van der Waals surface area contributed by atoms with Crippen LogP contribution >= 0.6 is 0 Å². The van der Waals surface area contributed by atoms with E-state index in [1.165, 1.54) is 0 Å². The third-order valence-corrected chi connectivity index (χ3v) is 6.68. The number of sulfonamides is 1. The molecule has 0 unspecified atom stereocenters. The lowest BCUT2D eigenvalue weighted by atomic mass is 10.0. The van der Waals surface area contributed by atoms with Gasteiger partial charge < -0.3 is 9.47 Å². The van der Waals surface area contributed by atoms with Crippen LogP contribution in [0.15, 0.2) is 54.6 Å². The van der Waals surface area contributed by atoms with Crippen molar-refractivity contribution in [1.29, 1.82) is 0 Å². The summed E-state index contributed by atoms with van der Waals surface area (Å²) in [6.45, 7) is 1.45. The highest BCUT2D eigenvalue weighted by atomic mass is 32.2. The van der Waals surface area contributed by atoms with Gasteiger partial charge >= 0.3 is 0 Å². The van der Waals surface area contributed by atoms with Crippen LogP contribution < -0.4 is 9.46 Å². The van der Waals surface area contributed by atoms with Crippen molar-refractivity contribution in [2.24, 2.45) is 0 Å². The van der Waals surface area contributed by atoms with Crippen molar-refractivity contribution in [3.05, 3.63) is 65.7 Å². The van der Waals surface area contributed by atoms with Crippen molar-refractivity contribution < 1.29 is 22.7 Å². The number of benzene rings is 2. The minimum absolute atomic E-state index is 0.118. The summed E-state index contributed by atoms with van der Waals surface area (Å²) in [5, 5.41) is 0.921. The van der Waals surface area contributed by atoms with E-state index in [9.17, 15) is 8.42 Å². The summed E-state index contributed by atoms with van der Waals surface area (Å²) in [4.78, 5) is 5.54. The molecular weight excluding hydrogens is 392 g/mol. The molecule has 8 heteroatoms. The van der Waals surface area contributed by atoms with E-state index < -0.39 is 21.3 Å². The zero-order valence-corrected chi connectivity index (χ0v) is 17.6. The van der Waals surface area contributed by atoms with E-state index in [-0.39, 0.29) is 6.61 Å². The topological polar surface area (TPSA) is 77.1 Å². The highest BCUT2D eigenvalue weighted by Gasteiger charge is 2.42. The molecule has 0 amide bonds. The second-order valence-corrected chi connectivity index (χ2v) is 8.94. The second-order valence-electron chi connectivity index (χ2n) is 6.95. The number of hydroxylamine groups is 2. The van der Waals surface area contributed by atoms with Gasteiger partial charge in [-0.3, -0.25) is 4.84 Å². The van der Waals surface area contributed by atoms with Crippen LogP contribution in [0.25, 0.3) is 0 Å². The van der Waals surface area contributed by atoms with Gasteiger partial charge in [-0.2, -0.15) is 5.06 Å². The first-order chi connectivity index (χ1) is 14.0. The smallest absolute Gasteiger partial charge is 0.218 e. The standard InChI is InChI=1S/C21H28N2O5S/c1-23-21(20(16-28-23)29(24,25)22-13-6-14-26-2)18-9-11-19(12-10-18)27-15-17-7-4-3-5-8-17/h3-5,7-12,20-22H,6,13-16H2,1-2H3/t20-,21+/m1/s1. The van der Waals surface area contributed by atoms with Gasteiger partial charge in [-0.25, -0.2) is 13.1 Å². The maximum Gasteiger partial charge on any atom is 0.218 e. The molecule has 29 heavy (non-hydrogen) atoms. The van der Waals surface area contributed by atoms with Crippen LogP contribution in [0.4, 0.5) is 0 Å². The summed E-state index contributed by atoms with van der Waals surface area (Å²) in [5.74, 6) is 0.733. The molecule has 0 bridgehead atoms. The Morgan fingerprint density at radius 1 is 1.14 bits per heavy atom. The average molecular weight is 421 g/mol.